The van der Waals surface area contributed by atoms with Crippen LogP contribution in [0.3, 0.4) is 0 Å². The van der Waals surface area contributed by atoms with Crippen LogP contribution < -0.4 is 4.89 Å². The maximum Gasteiger partial charge on any atom is 0.171 e. The number of hydrogen-bond acceptors (Lipinski definition) is 3. The molecule has 0 aliphatic carbocycles. The maximum absolute atomic E-state index is 10.8. The van der Waals surface area contributed by atoms with E-state index in [1.807, 2.05) is 18.2 Å². The lowest BCUT2D eigenvalue weighted by atomic mass is 10.1. The van der Waals surface area contributed by atoms with Gasteiger partial charge in [0.2, 0.25) is 0 Å². The van der Waals surface area contributed by atoms with Crippen LogP contribution in [0.4, 0.5) is 0 Å². The van der Waals surface area contributed by atoms with Crippen LogP contribution >= 0.6 is 0 Å². The molecule has 3 heteroatoms. The number of carbonyl (C=O) groups excluding carboxylic acids is 1. The second kappa shape index (κ2) is 3.80. The van der Waals surface area contributed by atoms with Crippen molar-refractivity contribution in [2.45, 2.75) is 26.4 Å². The summed E-state index contributed by atoms with van der Waals surface area (Å²) in [7, 11) is 0. The normalized spacial score (nSPS) is 13.5. The van der Waals surface area contributed by atoms with Gasteiger partial charge in [-0.25, -0.2) is 0 Å². The minimum absolute atomic E-state index is 0.211. The van der Waals surface area contributed by atoms with Gasteiger partial charge in [0.25, 0.3) is 0 Å². The minimum Gasteiger partial charge on any atom is -0.337 e. The van der Waals surface area contributed by atoms with Gasteiger partial charge in [-0.3, -0.25) is 0 Å². The second-order valence-corrected chi connectivity index (χ2v) is 3.49. The van der Waals surface area contributed by atoms with Crippen LogP contribution in [0.2, 0.25) is 0 Å². The van der Waals surface area contributed by atoms with Crippen molar-refractivity contribution in [2.75, 3.05) is 0 Å². The molecule has 0 radical (unpaired) electrons. The maximum atomic E-state index is 10.8. The molecule has 0 bridgehead atoms. The van der Waals surface area contributed by atoms with E-state index in [0.29, 0.717) is 13.0 Å². The second-order valence-electron chi connectivity index (χ2n) is 3.49. The van der Waals surface area contributed by atoms with E-state index in [-0.39, 0.29) is 5.78 Å². The number of ketones is 1. The highest BCUT2D eigenvalue weighted by Gasteiger charge is 2.13. The first-order valence-corrected chi connectivity index (χ1v) is 4.66. The predicted molar refractivity (Wildman–Crippen MR) is 50.9 cm³/mol. The van der Waals surface area contributed by atoms with Gasteiger partial charge < -0.3 is 9.68 Å². The average Bonchev–Trinajstić information content (AvgIpc) is 2.61. The molecule has 3 nitrogen and oxygen atoms in total. The van der Waals surface area contributed by atoms with E-state index in [1.165, 1.54) is 0 Å². The van der Waals surface area contributed by atoms with E-state index in [0.717, 1.165) is 23.3 Å². The minimum atomic E-state index is 0.211. The molecule has 0 atom stereocenters. The molecule has 0 unspecified atom stereocenters. The molecule has 0 saturated heterocycles. The van der Waals surface area contributed by atoms with Gasteiger partial charge in [0.1, 0.15) is 12.4 Å². The van der Waals surface area contributed by atoms with E-state index in [2.05, 4.69) is 0 Å². The van der Waals surface area contributed by atoms with E-state index in [4.69, 9.17) is 9.78 Å². The van der Waals surface area contributed by atoms with Crippen LogP contribution in [0.25, 0.3) is 0 Å². The van der Waals surface area contributed by atoms with Crippen molar-refractivity contribution in [3.05, 3.63) is 29.3 Å². The Morgan fingerprint density at radius 1 is 1.50 bits per heavy atom. The van der Waals surface area contributed by atoms with Crippen molar-refractivity contribution in [1.82, 2.24) is 0 Å². The van der Waals surface area contributed by atoms with Crippen molar-refractivity contribution < 1.29 is 14.6 Å². The lowest BCUT2D eigenvalue weighted by molar-refractivity contribution is -0.194. The van der Waals surface area contributed by atoms with E-state index < -0.39 is 0 Å². The van der Waals surface area contributed by atoms with Crippen molar-refractivity contribution >= 4 is 5.78 Å². The Kier molecular flexibility index (Phi) is 2.50. The lowest BCUT2D eigenvalue weighted by Gasteiger charge is -2.00. The predicted octanol–water partition coefficient (Wildman–Crippen LogP) is 2.03. The van der Waals surface area contributed by atoms with Crippen molar-refractivity contribution in [3.63, 3.8) is 0 Å². The molecule has 1 aliphatic heterocycles. The van der Waals surface area contributed by atoms with Gasteiger partial charge >= 0.3 is 0 Å². The molecule has 1 aromatic rings. The number of rotatable bonds is 3. The fourth-order valence-electron chi connectivity index (χ4n) is 1.43. The SMILES string of the molecule is CC(=O)CCc1ccc2c(c1)OOC2. The van der Waals surface area contributed by atoms with Crippen LogP contribution in [-0.2, 0) is 22.7 Å². The molecule has 1 heterocycles. The molecule has 0 aromatic heterocycles. The third kappa shape index (κ3) is 1.93. The Hall–Kier alpha value is -1.35. The van der Waals surface area contributed by atoms with Gasteiger partial charge in [-0.1, -0.05) is 12.1 Å². The molecule has 0 N–H and O–H groups in total. The quantitative estimate of drug-likeness (QED) is 0.687. The number of carbonyl (C=O) groups is 1. The molecule has 1 aliphatic rings. The molecule has 74 valence electrons. The Morgan fingerprint density at radius 2 is 2.36 bits per heavy atom. The number of benzene rings is 1. The van der Waals surface area contributed by atoms with E-state index >= 15 is 0 Å². The summed E-state index contributed by atoms with van der Waals surface area (Å²) in [4.78, 5) is 20.6. The van der Waals surface area contributed by atoms with Crippen molar-refractivity contribution in [3.8, 4) is 5.75 Å². The monoisotopic (exact) mass is 192 g/mol. The Bertz CT molecular complexity index is 358. The smallest absolute Gasteiger partial charge is 0.171 e. The zero-order valence-electron chi connectivity index (χ0n) is 8.08. The average molecular weight is 192 g/mol. The summed E-state index contributed by atoms with van der Waals surface area (Å²) >= 11 is 0. The molecular formula is C11H12O3. The first kappa shape index (κ1) is 9.21. The zero-order valence-corrected chi connectivity index (χ0v) is 8.08. The molecule has 0 saturated carbocycles. The summed E-state index contributed by atoms with van der Waals surface area (Å²) in [6.45, 7) is 2.12. The molecular weight excluding hydrogens is 180 g/mol. The fourth-order valence-corrected chi connectivity index (χ4v) is 1.43. The first-order chi connectivity index (χ1) is 6.75. The Morgan fingerprint density at radius 3 is 3.14 bits per heavy atom. The third-order valence-corrected chi connectivity index (χ3v) is 2.26. The molecule has 1 aromatic carbocycles. The van der Waals surface area contributed by atoms with Gasteiger partial charge in [-0.15, -0.1) is 0 Å². The first-order valence-electron chi connectivity index (χ1n) is 4.66. The molecule has 0 spiro atoms. The number of hydrogen-bond donors (Lipinski definition) is 0. The van der Waals surface area contributed by atoms with E-state index in [1.54, 1.807) is 6.92 Å². The highest BCUT2D eigenvalue weighted by molar-refractivity contribution is 5.75. The zero-order chi connectivity index (χ0) is 9.97. The summed E-state index contributed by atoms with van der Waals surface area (Å²) in [6, 6.07) is 5.93. The number of fused-ring (bicyclic) bond motifs is 1. The van der Waals surface area contributed by atoms with Crippen LogP contribution in [0.5, 0.6) is 5.75 Å². The molecule has 2 rings (SSSR count). The molecule has 0 amide bonds. The summed E-state index contributed by atoms with van der Waals surface area (Å²) in [5.41, 5.74) is 2.18. The number of Topliss-reactive ketones (excluding diaryl/α,β-unsaturated/α-hetero) is 1. The van der Waals surface area contributed by atoms with Gasteiger partial charge in [0.05, 0.1) is 0 Å². The lowest BCUT2D eigenvalue weighted by Crippen LogP contribution is -1.94. The highest BCUT2D eigenvalue weighted by atomic mass is 17.2. The van der Waals surface area contributed by atoms with Crippen molar-refractivity contribution in [1.29, 1.82) is 0 Å². The van der Waals surface area contributed by atoms with Crippen LogP contribution in [0, 0.1) is 0 Å². The standard InChI is InChI=1S/C11H12O3/c1-8(12)2-3-9-4-5-10-7-13-14-11(10)6-9/h4-6H,2-3,7H2,1H3. The highest BCUT2D eigenvalue weighted by Crippen LogP contribution is 2.27. The van der Waals surface area contributed by atoms with Gasteiger partial charge in [0, 0.05) is 12.0 Å². The van der Waals surface area contributed by atoms with Crippen LogP contribution in [0.15, 0.2) is 18.2 Å². The fraction of sp³-hybridized carbons (Fsp3) is 0.364. The Balaban J connectivity index is 2.09. The van der Waals surface area contributed by atoms with E-state index in [9.17, 15) is 4.79 Å². The van der Waals surface area contributed by atoms with Crippen LogP contribution in [0.1, 0.15) is 24.5 Å². The molecule has 14 heavy (non-hydrogen) atoms. The summed E-state index contributed by atoms with van der Waals surface area (Å²) in [5.74, 6) is 0.994. The van der Waals surface area contributed by atoms with Gasteiger partial charge in [0.15, 0.2) is 5.75 Å². The largest absolute Gasteiger partial charge is 0.337 e. The van der Waals surface area contributed by atoms with Crippen molar-refractivity contribution in [2.24, 2.45) is 0 Å². The third-order valence-electron chi connectivity index (χ3n) is 2.26. The number of aryl methyl sites for hydroxylation is 1. The summed E-state index contributed by atoms with van der Waals surface area (Å²) in [5, 5.41) is 0. The molecule has 0 fully saturated rings. The Labute approximate surface area is 82.6 Å². The summed E-state index contributed by atoms with van der Waals surface area (Å²) in [6.07, 6.45) is 1.35. The van der Waals surface area contributed by atoms with Gasteiger partial charge in [-0.05, 0) is 25.0 Å². The summed E-state index contributed by atoms with van der Waals surface area (Å²) < 4.78 is 0. The topological polar surface area (TPSA) is 35.5 Å². The van der Waals surface area contributed by atoms with Gasteiger partial charge in [-0.2, -0.15) is 4.89 Å². The van der Waals surface area contributed by atoms with Crippen LogP contribution in [-0.4, -0.2) is 5.78 Å².